The molecule has 5 amide bonds. The third-order valence-corrected chi connectivity index (χ3v) is 11.8. The minimum absolute atomic E-state index is 0.0198. The van der Waals surface area contributed by atoms with Gasteiger partial charge in [0.1, 0.15) is 12.1 Å². The predicted octanol–water partition coefficient (Wildman–Crippen LogP) is 5.48. The SMILES string of the molecule is CN1C(=O)[C@H](CCC(N)=O)NC(=O)[C@H](CCC(N)=O)NCc2ccccc2Sc2c(cc(-c3ccccc3)cc2C(F)(F)F)CNC(=O)[C@@H]1CC1=CCc2ccccc21. The van der Waals surface area contributed by atoms with E-state index in [2.05, 4.69) is 16.0 Å². The first kappa shape index (κ1) is 42.7. The lowest BCUT2D eigenvalue weighted by Gasteiger charge is -2.32. The zero-order chi connectivity index (χ0) is 42.3. The van der Waals surface area contributed by atoms with Crippen molar-refractivity contribution in [1.82, 2.24) is 20.9 Å². The van der Waals surface area contributed by atoms with Crippen LogP contribution in [0.5, 0.6) is 0 Å². The maximum absolute atomic E-state index is 15.2. The van der Waals surface area contributed by atoms with E-state index in [-0.39, 0.29) is 55.7 Å². The average molecular weight is 827 g/mol. The molecule has 7 N–H and O–H groups in total. The number of amides is 5. The van der Waals surface area contributed by atoms with E-state index in [0.717, 1.165) is 34.5 Å². The van der Waals surface area contributed by atoms with E-state index in [0.29, 0.717) is 28.0 Å². The second kappa shape index (κ2) is 18.8. The standard InChI is InChI=1S/C44H45F3N6O5S/c1-53-36(23-28-16-15-27-11-5-7-13-32(27)28)42(57)51-25-31-21-30(26-9-3-2-4-10-26)22-33(44(45,46)47)40(31)59-37-14-8-6-12-29(37)24-50-34(17-19-38(48)54)41(56)52-35(43(53)58)18-20-39(49)55/h2-14,16,21-22,34-36,50H,15,17-20,23-25H2,1H3,(H2,48,54)(H2,49,55)(H,51,57)(H,52,56)/t34-,35-,36-/m0/s1. The van der Waals surface area contributed by atoms with Gasteiger partial charge in [-0.15, -0.1) is 0 Å². The molecule has 0 radical (unpaired) electrons. The van der Waals surface area contributed by atoms with Crippen molar-refractivity contribution < 1.29 is 37.1 Å². The first-order chi connectivity index (χ1) is 28.2. The van der Waals surface area contributed by atoms with E-state index in [4.69, 9.17) is 11.5 Å². The van der Waals surface area contributed by atoms with Gasteiger partial charge in [0.15, 0.2) is 0 Å². The Bertz CT molecular complexity index is 2270. The summed E-state index contributed by atoms with van der Waals surface area (Å²) in [5.41, 5.74) is 14.3. The van der Waals surface area contributed by atoms with Crippen molar-refractivity contribution in [3.8, 4) is 11.1 Å². The molecule has 15 heteroatoms. The van der Waals surface area contributed by atoms with Crippen LogP contribution in [-0.2, 0) is 49.7 Å². The molecule has 1 aliphatic carbocycles. The quantitative estimate of drug-likeness (QED) is 0.148. The number of nitrogens with one attached hydrogen (secondary N) is 3. The van der Waals surface area contributed by atoms with Crippen molar-refractivity contribution in [3.05, 3.63) is 125 Å². The summed E-state index contributed by atoms with van der Waals surface area (Å²) in [7, 11) is 1.41. The number of nitrogens with zero attached hydrogens (tertiary/aromatic N) is 1. The van der Waals surface area contributed by atoms with E-state index in [1.807, 2.05) is 30.3 Å². The van der Waals surface area contributed by atoms with E-state index in [1.54, 1.807) is 60.7 Å². The second-order valence-corrected chi connectivity index (χ2v) is 15.6. The Kier molecular flexibility index (Phi) is 13.6. The monoisotopic (exact) mass is 826 g/mol. The van der Waals surface area contributed by atoms with Crippen molar-refractivity contribution in [2.24, 2.45) is 11.5 Å². The van der Waals surface area contributed by atoms with Gasteiger partial charge < -0.3 is 32.3 Å². The van der Waals surface area contributed by atoms with Gasteiger partial charge in [-0.25, -0.2) is 0 Å². The summed E-state index contributed by atoms with van der Waals surface area (Å²) in [5, 5.41) is 8.70. The number of halogens is 3. The lowest BCUT2D eigenvalue weighted by atomic mass is 9.97. The number of allylic oxidation sites excluding steroid dienone is 1. The van der Waals surface area contributed by atoms with Crippen molar-refractivity contribution in [3.63, 3.8) is 0 Å². The van der Waals surface area contributed by atoms with Crippen LogP contribution >= 0.6 is 11.8 Å². The minimum Gasteiger partial charge on any atom is -0.370 e. The fraction of sp³-hybridized carbons (Fsp3) is 0.295. The number of carbonyl (C=O) groups is 5. The molecular formula is C44H45F3N6O5S. The van der Waals surface area contributed by atoms with Crippen molar-refractivity contribution in [2.45, 2.75) is 85.7 Å². The summed E-state index contributed by atoms with van der Waals surface area (Å²) >= 11 is 0.886. The van der Waals surface area contributed by atoms with Gasteiger partial charge in [-0.1, -0.05) is 90.6 Å². The van der Waals surface area contributed by atoms with Crippen LogP contribution in [0.4, 0.5) is 13.2 Å². The number of fused-ring (bicyclic) bond motifs is 3. The number of benzene rings is 4. The van der Waals surface area contributed by atoms with Crippen LogP contribution in [-0.4, -0.2) is 59.6 Å². The fourth-order valence-corrected chi connectivity index (χ4v) is 8.52. The van der Waals surface area contributed by atoms with Crippen molar-refractivity contribution in [2.75, 3.05) is 7.05 Å². The van der Waals surface area contributed by atoms with Gasteiger partial charge in [-0.3, -0.25) is 24.0 Å². The third-order valence-electron chi connectivity index (χ3n) is 10.5. The molecule has 0 saturated heterocycles. The molecule has 0 aromatic heterocycles. The topological polar surface area (TPSA) is 177 Å². The first-order valence-electron chi connectivity index (χ1n) is 19.2. The molecule has 0 bridgehead atoms. The van der Waals surface area contributed by atoms with Crippen LogP contribution in [0.1, 0.15) is 59.9 Å². The molecule has 308 valence electrons. The zero-order valence-electron chi connectivity index (χ0n) is 32.3. The predicted molar refractivity (Wildman–Crippen MR) is 218 cm³/mol. The molecule has 0 unspecified atom stereocenters. The second-order valence-electron chi connectivity index (χ2n) is 14.6. The molecule has 1 aliphatic heterocycles. The summed E-state index contributed by atoms with van der Waals surface area (Å²) < 4.78 is 45.5. The molecule has 4 aromatic rings. The Morgan fingerprint density at radius 3 is 2.12 bits per heavy atom. The molecular weight excluding hydrogens is 782 g/mol. The maximum atomic E-state index is 15.2. The summed E-state index contributed by atoms with van der Waals surface area (Å²) in [6.07, 6.45) is -2.94. The summed E-state index contributed by atoms with van der Waals surface area (Å²) in [4.78, 5) is 68.4. The molecule has 11 nitrogen and oxygen atoms in total. The van der Waals surface area contributed by atoms with Crippen LogP contribution in [0.3, 0.4) is 0 Å². The third kappa shape index (κ3) is 10.6. The lowest BCUT2D eigenvalue weighted by molar-refractivity contribution is -0.142. The average Bonchev–Trinajstić information content (AvgIpc) is 3.62. The normalized spacial score (nSPS) is 19.1. The summed E-state index contributed by atoms with van der Waals surface area (Å²) in [6, 6.07) is 22.1. The number of alkyl halides is 3. The summed E-state index contributed by atoms with van der Waals surface area (Å²) in [6.45, 7) is -0.343. The Hall–Kier alpha value is -5.93. The highest BCUT2D eigenvalue weighted by Gasteiger charge is 2.38. The molecule has 59 heavy (non-hydrogen) atoms. The summed E-state index contributed by atoms with van der Waals surface area (Å²) in [5.74, 6) is -3.43. The number of nitrogens with two attached hydrogens (primary N) is 2. The number of rotatable bonds is 9. The zero-order valence-corrected chi connectivity index (χ0v) is 33.1. The highest BCUT2D eigenvalue weighted by Crippen LogP contribution is 2.45. The smallest absolute Gasteiger partial charge is 0.370 e. The molecule has 4 aromatic carbocycles. The highest BCUT2D eigenvalue weighted by molar-refractivity contribution is 7.99. The van der Waals surface area contributed by atoms with Gasteiger partial charge in [0.25, 0.3) is 0 Å². The molecule has 2 aliphatic rings. The Balaban J connectivity index is 1.49. The fourth-order valence-electron chi connectivity index (χ4n) is 7.33. The molecule has 0 spiro atoms. The Morgan fingerprint density at radius 2 is 1.42 bits per heavy atom. The van der Waals surface area contributed by atoms with E-state index in [1.165, 1.54) is 11.9 Å². The van der Waals surface area contributed by atoms with Gasteiger partial charge in [0.05, 0.1) is 11.6 Å². The van der Waals surface area contributed by atoms with Crippen LogP contribution in [0.25, 0.3) is 16.7 Å². The van der Waals surface area contributed by atoms with Gasteiger partial charge in [0, 0.05) is 49.2 Å². The van der Waals surface area contributed by atoms with Crippen LogP contribution in [0, 0.1) is 0 Å². The number of carbonyl (C=O) groups excluding carboxylic acids is 5. The maximum Gasteiger partial charge on any atom is 0.417 e. The van der Waals surface area contributed by atoms with E-state index < -0.39 is 59.4 Å². The van der Waals surface area contributed by atoms with Crippen LogP contribution in [0.15, 0.2) is 107 Å². The highest BCUT2D eigenvalue weighted by atomic mass is 32.2. The number of hydrogen-bond donors (Lipinski definition) is 5. The Morgan fingerprint density at radius 1 is 0.780 bits per heavy atom. The van der Waals surface area contributed by atoms with E-state index >= 15 is 13.2 Å². The molecule has 6 rings (SSSR count). The molecule has 0 fully saturated rings. The molecule has 0 saturated carbocycles. The van der Waals surface area contributed by atoms with Crippen LogP contribution in [0.2, 0.25) is 0 Å². The van der Waals surface area contributed by atoms with Crippen molar-refractivity contribution >= 4 is 46.9 Å². The number of primary amides is 2. The first-order valence-corrected chi connectivity index (χ1v) is 20.0. The van der Waals surface area contributed by atoms with Gasteiger partial charge >= 0.3 is 6.18 Å². The van der Waals surface area contributed by atoms with Gasteiger partial charge in [-0.2, -0.15) is 13.2 Å². The lowest BCUT2D eigenvalue weighted by Crippen LogP contribution is -2.56. The van der Waals surface area contributed by atoms with Crippen LogP contribution < -0.4 is 27.4 Å². The van der Waals surface area contributed by atoms with Crippen molar-refractivity contribution in [1.29, 1.82) is 0 Å². The largest absolute Gasteiger partial charge is 0.417 e. The van der Waals surface area contributed by atoms with E-state index in [9.17, 15) is 24.0 Å². The molecule has 1 heterocycles. The Labute approximate surface area is 344 Å². The number of likely N-dealkylation sites (N-methyl/N-ethyl adjacent to an activating group) is 1. The molecule has 3 atom stereocenters. The van der Waals surface area contributed by atoms with Gasteiger partial charge in [0.2, 0.25) is 29.5 Å². The number of hydrogen-bond acceptors (Lipinski definition) is 7. The minimum atomic E-state index is -4.80. The van der Waals surface area contributed by atoms with Gasteiger partial charge in [-0.05, 0) is 76.4 Å².